The Morgan fingerprint density at radius 2 is 1.44 bits per heavy atom. The number of hydrogen-bond acceptors (Lipinski definition) is 6. The number of carbonyl (C=O) groups excluding carboxylic acids is 1. The van der Waals surface area contributed by atoms with E-state index >= 15 is 0 Å². The lowest BCUT2D eigenvalue weighted by molar-refractivity contribution is -0.143. The van der Waals surface area contributed by atoms with E-state index in [0.717, 1.165) is 16.7 Å². The lowest BCUT2D eigenvalue weighted by Gasteiger charge is -2.28. The number of fused-ring (bicyclic) bond motifs is 1. The standard InChI is InChI=1S/C33H33NO5/c1-2-37-32(36)20-21-34(23-25-12-6-3-7-13-25)24-29(35)26-18-19-30-31(22-26)39-33(38-30,27-14-8-4-9-15-27)28-16-10-5-11-17-28/h3-19,22,29,35H,2,20-21,23-24H2,1H3. The van der Waals surface area contributed by atoms with Crippen LogP contribution in [0.5, 0.6) is 11.5 Å². The average Bonchev–Trinajstić information content (AvgIpc) is 3.38. The first-order valence-corrected chi connectivity index (χ1v) is 13.3. The number of carbonyl (C=O) groups is 1. The third-order valence-corrected chi connectivity index (χ3v) is 6.79. The van der Waals surface area contributed by atoms with Gasteiger partial charge in [-0.05, 0) is 30.2 Å². The molecule has 4 aromatic carbocycles. The van der Waals surface area contributed by atoms with E-state index in [2.05, 4.69) is 4.90 Å². The van der Waals surface area contributed by atoms with Crippen LogP contribution in [0.3, 0.4) is 0 Å². The second kappa shape index (κ2) is 12.2. The van der Waals surface area contributed by atoms with E-state index < -0.39 is 11.9 Å². The number of benzene rings is 4. The lowest BCUT2D eigenvalue weighted by atomic mass is 9.97. The van der Waals surface area contributed by atoms with Crippen LogP contribution in [0.1, 0.15) is 41.7 Å². The van der Waals surface area contributed by atoms with E-state index in [1.54, 1.807) is 6.92 Å². The molecule has 0 bridgehead atoms. The summed E-state index contributed by atoms with van der Waals surface area (Å²) in [5, 5.41) is 11.3. The van der Waals surface area contributed by atoms with Crippen molar-refractivity contribution in [3.8, 4) is 11.5 Å². The summed E-state index contributed by atoms with van der Waals surface area (Å²) >= 11 is 0. The minimum atomic E-state index is -1.12. The third-order valence-electron chi connectivity index (χ3n) is 6.79. The Kier molecular flexibility index (Phi) is 8.25. The van der Waals surface area contributed by atoms with Crippen molar-refractivity contribution in [2.24, 2.45) is 0 Å². The quantitative estimate of drug-likeness (QED) is 0.249. The topological polar surface area (TPSA) is 68.2 Å². The molecule has 0 radical (unpaired) electrons. The Labute approximate surface area is 229 Å². The van der Waals surface area contributed by atoms with Crippen LogP contribution < -0.4 is 9.47 Å². The van der Waals surface area contributed by atoms with Gasteiger partial charge in [0.15, 0.2) is 11.5 Å². The molecule has 1 atom stereocenters. The summed E-state index contributed by atoms with van der Waals surface area (Å²) in [6.45, 7) is 3.57. The van der Waals surface area contributed by atoms with Crippen LogP contribution in [-0.4, -0.2) is 35.7 Å². The van der Waals surface area contributed by atoms with E-state index in [9.17, 15) is 9.90 Å². The second-order valence-electron chi connectivity index (χ2n) is 9.55. The summed E-state index contributed by atoms with van der Waals surface area (Å²) < 4.78 is 18.2. The van der Waals surface area contributed by atoms with Crippen LogP contribution in [0.15, 0.2) is 109 Å². The largest absolute Gasteiger partial charge is 0.466 e. The van der Waals surface area contributed by atoms with E-state index in [1.165, 1.54) is 0 Å². The van der Waals surface area contributed by atoms with Crippen molar-refractivity contribution in [1.82, 2.24) is 4.90 Å². The molecule has 5 rings (SSSR count). The highest BCUT2D eigenvalue weighted by atomic mass is 16.7. The summed E-state index contributed by atoms with van der Waals surface area (Å²) in [5.41, 5.74) is 3.57. The molecule has 6 nitrogen and oxygen atoms in total. The molecular weight excluding hydrogens is 490 g/mol. The van der Waals surface area contributed by atoms with Gasteiger partial charge in [0.25, 0.3) is 0 Å². The molecule has 0 aromatic heterocycles. The van der Waals surface area contributed by atoms with Crippen molar-refractivity contribution >= 4 is 5.97 Å². The molecular formula is C33H33NO5. The summed E-state index contributed by atoms with van der Waals surface area (Å²) in [7, 11) is 0. The van der Waals surface area contributed by atoms with Crippen LogP contribution >= 0.6 is 0 Å². The summed E-state index contributed by atoms with van der Waals surface area (Å²) in [6.07, 6.45) is -0.543. The SMILES string of the molecule is CCOC(=O)CCN(Cc1ccccc1)CC(O)c1ccc2c(c1)OC(c1ccccc1)(c1ccccc1)O2. The Balaban J connectivity index is 1.36. The number of hydrogen-bond donors (Lipinski definition) is 1. The molecule has 0 aliphatic carbocycles. The lowest BCUT2D eigenvalue weighted by Crippen LogP contribution is -2.36. The monoisotopic (exact) mass is 523 g/mol. The van der Waals surface area contributed by atoms with Crippen LogP contribution in [0.25, 0.3) is 0 Å². The molecule has 1 aliphatic rings. The van der Waals surface area contributed by atoms with Gasteiger partial charge in [0.1, 0.15) is 0 Å². The van der Waals surface area contributed by atoms with Gasteiger partial charge in [-0.1, -0.05) is 97.1 Å². The van der Waals surface area contributed by atoms with E-state index in [-0.39, 0.29) is 12.4 Å². The maximum absolute atomic E-state index is 12.0. The number of aliphatic hydroxyl groups is 1. The molecule has 0 amide bonds. The number of nitrogens with zero attached hydrogens (tertiary/aromatic N) is 1. The average molecular weight is 524 g/mol. The second-order valence-corrected chi connectivity index (χ2v) is 9.55. The third kappa shape index (κ3) is 6.14. The zero-order valence-corrected chi connectivity index (χ0v) is 22.0. The summed E-state index contributed by atoms with van der Waals surface area (Å²) in [4.78, 5) is 14.1. The number of aliphatic hydroxyl groups excluding tert-OH is 1. The summed E-state index contributed by atoms with van der Waals surface area (Å²) in [5.74, 6) is -0.179. The molecule has 0 fully saturated rings. The van der Waals surface area contributed by atoms with Gasteiger partial charge in [0.05, 0.1) is 19.1 Å². The number of esters is 1. The van der Waals surface area contributed by atoms with E-state index in [4.69, 9.17) is 14.2 Å². The normalized spacial score (nSPS) is 14.2. The smallest absolute Gasteiger partial charge is 0.307 e. The first kappa shape index (κ1) is 26.5. The molecule has 39 heavy (non-hydrogen) atoms. The predicted octanol–water partition coefficient (Wildman–Crippen LogP) is 5.85. The highest BCUT2D eigenvalue weighted by Crippen LogP contribution is 2.48. The zero-order valence-electron chi connectivity index (χ0n) is 22.0. The van der Waals surface area contributed by atoms with E-state index in [1.807, 2.05) is 109 Å². The van der Waals surface area contributed by atoms with Gasteiger partial charge in [-0.3, -0.25) is 9.69 Å². The maximum Gasteiger partial charge on any atom is 0.307 e. The zero-order chi connectivity index (χ0) is 27.1. The molecule has 1 heterocycles. The van der Waals surface area contributed by atoms with Crippen molar-refractivity contribution in [2.75, 3.05) is 19.7 Å². The fourth-order valence-corrected chi connectivity index (χ4v) is 4.85. The molecule has 0 spiro atoms. The highest BCUT2D eigenvalue weighted by Gasteiger charge is 2.45. The fraction of sp³-hybridized carbons (Fsp3) is 0.242. The minimum absolute atomic E-state index is 0.244. The predicted molar refractivity (Wildman–Crippen MR) is 149 cm³/mol. The van der Waals surface area contributed by atoms with Gasteiger partial charge in [-0.15, -0.1) is 0 Å². The van der Waals surface area contributed by atoms with Gasteiger partial charge in [-0.25, -0.2) is 0 Å². The maximum atomic E-state index is 12.0. The van der Waals surface area contributed by atoms with Gasteiger partial charge >= 0.3 is 11.8 Å². The number of rotatable bonds is 11. The molecule has 200 valence electrons. The minimum Gasteiger partial charge on any atom is -0.466 e. The molecule has 1 unspecified atom stereocenters. The molecule has 0 saturated carbocycles. The summed E-state index contributed by atoms with van der Waals surface area (Å²) in [6, 6.07) is 35.3. The van der Waals surface area contributed by atoms with Crippen LogP contribution in [0.4, 0.5) is 0 Å². The van der Waals surface area contributed by atoms with E-state index in [0.29, 0.717) is 43.3 Å². The van der Waals surface area contributed by atoms with Gasteiger partial charge in [0.2, 0.25) is 0 Å². The van der Waals surface area contributed by atoms with Crippen LogP contribution in [0.2, 0.25) is 0 Å². The van der Waals surface area contributed by atoms with Crippen LogP contribution in [-0.2, 0) is 21.9 Å². The van der Waals surface area contributed by atoms with Crippen molar-refractivity contribution in [3.63, 3.8) is 0 Å². The molecule has 4 aromatic rings. The van der Waals surface area contributed by atoms with Crippen molar-refractivity contribution < 1.29 is 24.1 Å². The molecule has 6 heteroatoms. The number of ether oxygens (including phenoxy) is 3. The Hall–Kier alpha value is -4.13. The Morgan fingerprint density at radius 3 is 2.05 bits per heavy atom. The van der Waals surface area contributed by atoms with Crippen LogP contribution in [0, 0.1) is 0 Å². The van der Waals surface area contributed by atoms with Gasteiger partial charge in [0, 0.05) is 30.8 Å². The molecule has 1 aliphatic heterocycles. The highest BCUT2D eigenvalue weighted by molar-refractivity contribution is 5.69. The Bertz CT molecular complexity index is 1320. The molecule has 1 N–H and O–H groups in total. The van der Waals surface area contributed by atoms with Crippen molar-refractivity contribution in [1.29, 1.82) is 0 Å². The van der Waals surface area contributed by atoms with Gasteiger partial charge < -0.3 is 19.3 Å². The van der Waals surface area contributed by atoms with Gasteiger partial charge in [-0.2, -0.15) is 0 Å². The first-order valence-electron chi connectivity index (χ1n) is 13.3. The van der Waals surface area contributed by atoms with Crippen molar-refractivity contribution in [2.45, 2.75) is 31.8 Å². The first-order chi connectivity index (χ1) is 19.1. The Morgan fingerprint density at radius 1 is 0.846 bits per heavy atom. The molecule has 0 saturated heterocycles. The fourth-order valence-electron chi connectivity index (χ4n) is 4.85. The van der Waals surface area contributed by atoms with Crippen molar-refractivity contribution in [3.05, 3.63) is 131 Å².